The molecule has 4 rings (SSSR count). The van der Waals surface area contributed by atoms with Gasteiger partial charge in [0, 0.05) is 24.5 Å². The molecular weight excluding hydrogens is 365 g/mol. The average molecular weight is 387 g/mol. The average Bonchev–Trinajstić information content (AvgIpc) is 3.25. The number of ether oxygens (including phenoxy) is 1. The largest absolute Gasteiger partial charge is 0.481 e. The molecule has 28 heavy (non-hydrogen) atoms. The Morgan fingerprint density at radius 1 is 1.25 bits per heavy atom. The van der Waals surface area contributed by atoms with Gasteiger partial charge in [-0.25, -0.2) is 9.07 Å². The van der Waals surface area contributed by atoms with Crippen molar-refractivity contribution in [1.82, 2.24) is 15.1 Å². The molecule has 0 radical (unpaired) electrons. The van der Waals surface area contributed by atoms with Crippen molar-refractivity contribution >= 4 is 11.9 Å². The number of carbonyl (C=O) groups is 2. The highest BCUT2D eigenvalue weighted by atomic mass is 19.1. The number of halogens is 1. The second-order valence-electron chi connectivity index (χ2n) is 7.41. The van der Waals surface area contributed by atoms with Gasteiger partial charge in [-0.2, -0.15) is 5.10 Å². The molecule has 1 aliphatic carbocycles. The van der Waals surface area contributed by atoms with Crippen LogP contribution in [0.4, 0.5) is 4.39 Å². The van der Waals surface area contributed by atoms with Crippen LogP contribution in [0.25, 0.3) is 5.69 Å². The molecule has 0 saturated carbocycles. The normalized spacial score (nSPS) is 17.9. The molecule has 0 spiro atoms. The first-order chi connectivity index (χ1) is 13.5. The summed E-state index contributed by atoms with van der Waals surface area (Å²) in [6, 6.07) is 6.33. The predicted octanol–water partition coefficient (Wildman–Crippen LogP) is 2.25. The van der Waals surface area contributed by atoms with E-state index in [0.29, 0.717) is 38.2 Å². The molecule has 1 saturated heterocycles. The minimum atomic E-state index is -0.968. The maximum absolute atomic E-state index is 14.3. The first-order valence-electron chi connectivity index (χ1n) is 9.47. The number of aromatic nitrogens is 2. The fourth-order valence-electron chi connectivity index (χ4n) is 4.14. The Bertz CT molecular complexity index is 918. The molecule has 2 heterocycles. The third kappa shape index (κ3) is 3.40. The van der Waals surface area contributed by atoms with E-state index in [4.69, 9.17) is 4.74 Å². The summed E-state index contributed by atoms with van der Waals surface area (Å²) in [5.74, 6) is -1.78. The van der Waals surface area contributed by atoms with E-state index in [1.807, 2.05) is 0 Å². The van der Waals surface area contributed by atoms with Crippen molar-refractivity contribution < 1.29 is 23.8 Å². The van der Waals surface area contributed by atoms with E-state index in [9.17, 15) is 19.1 Å². The lowest BCUT2D eigenvalue weighted by Crippen LogP contribution is -2.53. The number of amides is 1. The van der Waals surface area contributed by atoms with Crippen molar-refractivity contribution in [2.24, 2.45) is 0 Å². The van der Waals surface area contributed by atoms with E-state index in [1.54, 1.807) is 18.2 Å². The minimum absolute atomic E-state index is 0.168. The lowest BCUT2D eigenvalue weighted by Gasteiger charge is -2.36. The Kier molecular flexibility index (Phi) is 4.89. The predicted molar refractivity (Wildman–Crippen MR) is 98.1 cm³/mol. The van der Waals surface area contributed by atoms with E-state index in [1.165, 1.54) is 10.7 Å². The molecule has 148 valence electrons. The Labute approximate surface area is 161 Å². The minimum Gasteiger partial charge on any atom is -0.481 e. The molecule has 7 nitrogen and oxygen atoms in total. The Morgan fingerprint density at radius 3 is 2.71 bits per heavy atom. The van der Waals surface area contributed by atoms with Crippen LogP contribution in [0, 0.1) is 5.82 Å². The van der Waals surface area contributed by atoms with Gasteiger partial charge in [-0.1, -0.05) is 12.1 Å². The number of rotatable bonds is 5. The summed E-state index contributed by atoms with van der Waals surface area (Å²) in [6.07, 6.45) is 2.98. The van der Waals surface area contributed by atoms with Crippen molar-refractivity contribution in [3.63, 3.8) is 0 Å². The zero-order chi connectivity index (χ0) is 19.7. The van der Waals surface area contributed by atoms with Crippen LogP contribution in [0.3, 0.4) is 0 Å². The standard InChI is InChI=1S/C20H22FN3O4/c21-14-5-1-2-6-16(14)24-15-7-3-4-13(15)18(23-24)19(27)22-20(12-17(25)26)8-10-28-11-9-20/h1-2,5-6H,3-4,7-12H2,(H,22,27)(H,25,26). The summed E-state index contributed by atoms with van der Waals surface area (Å²) in [4.78, 5) is 24.4. The molecule has 0 atom stereocenters. The number of carboxylic acids is 1. The molecule has 8 heteroatoms. The van der Waals surface area contributed by atoms with Crippen molar-refractivity contribution in [3.05, 3.63) is 47.0 Å². The van der Waals surface area contributed by atoms with Crippen molar-refractivity contribution in [1.29, 1.82) is 0 Å². The number of aliphatic carboxylic acids is 1. The molecule has 1 amide bonds. The number of para-hydroxylation sites is 1. The van der Waals surface area contributed by atoms with Gasteiger partial charge in [0.05, 0.1) is 12.0 Å². The van der Waals surface area contributed by atoms with Crippen LogP contribution >= 0.6 is 0 Å². The van der Waals surface area contributed by atoms with Gasteiger partial charge in [0.2, 0.25) is 0 Å². The first-order valence-corrected chi connectivity index (χ1v) is 9.47. The van der Waals surface area contributed by atoms with Crippen LogP contribution in [0.5, 0.6) is 0 Å². The van der Waals surface area contributed by atoms with E-state index in [0.717, 1.165) is 24.1 Å². The third-order valence-electron chi connectivity index (χ3n) is 5.54. The summed E-state index contributed by atoms with van der Waals surface area (Å²) in [5.41, 5.74) is 1.37. The van der Waals surface area contributed by atoms with E-state index in [2.05, 4.69) is 10.4 Å². The molecule has 2 aliphatic rings. The second-order valence-corrected chi connectivity index (χ2v) is 7.41. The van der Waals surface area contributed by atoms with Gasteiger partial charge in [0.15, 0.2) is 5.69 Å². The van der Waals surface area contributed by atoms with E-state index >= 15 is 0 Å². The number of nitrogens with one attached hydrogen (secondary N) is 1. The van der Waals surface area contributed by atoms with Gasteiger partial charge in [-0.3, -0.25) is 9.59 Å². The highest BCUT2D eigenvalue weighted by Gasteiger charge is 2.38. The van der Waals surface area contributed by atoms with Crippen molar-refractivity contribution in [2.75, 3.05) is 13.2 Å². The zero-order valence-corrected chi connectivity index (χ0v) is 15.4. The number of hydrogen-bond acceptors (Lipinski definition) is 4. The number of fused-ring (bicyclic) bond motifs is 1. The van der Waals surface area contributed by atoms with Crippen molar-refractivity contribution in [2.45, 2.75) is 44.1 Å². The SMILES string of the molecule is O=C(O)CC1(NC(=O)c2nn(-c3ccccc3F)c3c2CCC3)CCOCC1. The molecule has 1 aromatic heterocycles. The molecule has 1 aromatic carbocycles. The lowest BCUT2D eigenvalue weighted by atomic mass is 9.86. The Morgan fingerprint density at radius 2 is 2.00 bits per heavy atom. The Hall–Kier alpha value is -2.74. The second kappa shape index (κ2) is 7.35. The van der Waals surface area contributed by atoms with Gasteiger partial charge in [-0.05, 0) is 44.2 Å². The van der Waals surface area contributed by atoms with Gasteiger partial charge < -0.3 is 15.2 Å². The van der Waals surface area contributed by atoms with Gasteiger partial charge in [0.25, 0.3) is 5.91 Å². The molecule has 2 N–H and O–H groups in total. The zero-order valence-electron chi connectivity index (χ0n) is 15.4. The smallest absolute Gasteiger partial charge is 0.305 e. The quantitative estimate of drug-likeness (QED) is 0.821. The van der Waals surface area contributed by atoms with Crippen molar-refractivity contribution in [3.8, 4) is 5.69 Å². The van der Waals surface area contributed by atoms with Gasteiger partial charge in [0.1, 0.15) is 11.5 Å². The lowest BCUT2D eigenvalue weighted by molar-refractivity contribution is -0.139. The molecule has 2 aromatic rings. The summed E-state index contributed by atoms with van der Waals surface area (Å²) < 4.78 is 21.1. The first kappa shape index (κ1) is 18.6. The molecule has 0 unspecified atom stereocenters. The monoisotopic (exact) mass is 387 g/mol. The molecule has 0 bridgehead atoms. The maximum atomic E-state index is 14.3. The highest BCUT2D eigenvalue weighted by Crippen LogP contribution is 2.30. The molecule has 1 aliphatic heterocycles. The number of hydrogen-bond donors (Lipinski definition) is 2. The highest BCUT2D eigenvalue weighted by molar-refractivity contribution is 5.95. The number of carboxylic acid groups (broad SMARTS) is 1. The summed E-state index contributed by atoms with van der Waals surface area (Å²) in [5, 5.41) is 16.6. The van der Waals surface area contributed by atoms with Gasteiger partial charge >= 0.3 is 5.97 Å². The number of carbonyl (C=O) groups excluding carboxylic acids is 1. The molecular formula is C20H22FN3O4. The number of benzene rings is 1. The van der Waals surface area contributed by atoms with E-state index < -0.39 is 23.2 Å². The topological polar surface area (TPSA) is 93.5 Å². The molecule has 1 fully saturated rings. The summed E-state index contributed by atoms with van der Waals surface area (Å²) in [6.45, 7) is 0.796. The van der Waals surface area contributed by atoms with E-state index in [-0.39, 0.29) is 12.1 Å². The van der Waals surface area contributed by atoms with Crippen LogP contribution in [-0.2, 0) is 22.4 Å². The van der Waals surface area contributed by atoms with Crippen LogP contribution < -0.4 is 5.32 Å². The van der Waals surface area contributed by atoms with Gasteiger partial charge in [-0.15, -0.1) is 0 Å². The number of nitrogens with zero attached hydrogens (tertiary/aromatic N) is 2. The summed E-state index contributed by atoms with van der Waals surface area (Å²) >= 11 is 0. The van der Waals surface area contributed by atoms with Crippen LogP contribution in [0.15, 0.2) is 24.3 Å². The van der Waals surface area contributed by atoms with Crippen LogP contribution in [0.1, 0.15) is 47.4 Å². The fourth-order valence-corrected chi connectivity index (χ4v) is 4.14. The fraction of sp³-hybridized carbons (Fsp3) is 0.450. The van der Waals surface area contributed by atoms with Crippen LogP contribution in [-0.4, -0.2) is 45.5 Å². The van der Waals surface area contributed by atoms with Crippen LogP contribution in [0.2, 0.25) is 0 Å². The third-order valence-corrected chi connectivity index (χ3v) is 5.54. The Balaban J connectivity index is 1.67. The maximum Gasteiger partial charge on any atom is 0.305 e. The summed E-state index contributed by atoms with van der Waals surface area (Å²) in [7, 11) is 0.